The lowest BCUT2D eigenvalue weighted by Gasteiger charge is -1.84. The van der Waals surface area contributed by atoms with Crippen LogP contribution in [-0.4, -0.2) is 13.2 Å². The zero-order valence-electron chi connectivity index (χ0n) is 4.21. The molecule has 0 aliphatic rings. The molecule has 0 N–H and O–H groups in total. The summed E-state index contributed by atoms with van der Waals surface area (Å²) >= 11 is 3.35. The highest BCUT2D eigenvalue weighted by Crippen LogP contribution is 1.94. The van der Waals surface area contributed by atoms with E-state index in [1.165, 1.54) is 24.5 Å². The molecule has 0 spiro atoms. The molecule has 0 bridgehead atoms. The first-order valence-corrected chi connectivity index (χ1v) is 3.60. The van der Waals surface area contributed by atoms with E-state index in [1.807, 2.05) is 0 Å². The third-order valence-electron chi connectivity index (χ3n) is 0.737. The summed E-state index contributed by atoms with van der Waals surface area (Å²) in [4.78, 5) is 0. The minimum absolute atomic E-state index is 1.17. The highest BCUT2D eigenvalue weighted by molar-refractivity contribution is 9.09. The molecule has 0 saturated carbocycles. The van der Waals surface area contributed by atoms with Crippen molar-refractivity contribution in [3.63, 3.8) is 0 Å². The summed E-state index contributed by atoms with van der Waals surface area (Å²) in [5, 5.41) is 1.17. The lowest BCUT2D eigenvalue weighted by atomic mass is 10.0. The van der Waals surface area contributed by atoms with Crippen molar-refractivity contribution in [3.05, 3.63) is 0 Å². The number of hydrogen-bond donors (Lipinski definition) is 0. The Hall–Kier alpha value is 0.545. The van der Waals surface area contributed by atoms with Crippen molar-refractivity contribution in [2.45, 2.75) is 19.2 Å². The molecule has 0 saturated heterocycles. The molecule has 0 rings (SSSR count). The van der Waals surface area contributed by atoms with Gasteiger partial charge >= 0.3 is 0 Å². The summed E-state index contributed by atoms with van der Waals surface area (Å²) in [5.74, 6) is 0. The van der Waals surface area contributed by atoms with E-state index in [2.05, 4.69) is 23.8 Å². The SMILES string of the molecule is BCCCCBr. The van der Waals surface area contributed by atoms with Gasteiger partial charge in [0.1, 0.15) is 7.85 Å². The van der Waals surface area contributed by atoms with Crippen LogP contribution in [0.5, 0.6) is 0 Å². The Morgan fingerprint density at radius 3 is 2.17 bits per heavy atom. The molecule has 0 atom stereocenters. The summed E-state index contributed by atoms with van der Waals surface area (Å²) in [5.41, 5.74) is 0. The maximum absolute atomic E-state index is 3.35. The number of alkyl halides is 1. The van der Waals surface area contributed by atoms with Gasteiger partial charge in [0.25, 0.3) is 0 Å². The van der Waals surface area contributed by atoms with E-state index in [-0.39, 0.29) is 0 Å². The highest BCUT2D eigenvalue weighted by Gasteiger charge is 1.76. The molecular formula is C4H10BBr. The van der Waals surface area contributed by atoms with Crippen LogP contribution in [0.2, 0.25) is 6.32 Å². The van der Waals surface area contributed by atoms with E-state index in [9.17, 15) is 0 Å². The molecule has 0 unspecified atom stereocenters. The number of hydrogen-bond acceptors (Lipinski definition) is 0. The van der Waals surface area contributed by atoms with Gasteiger partial charge in [-0.2, -0.15) is 0 Å². The van der Waals surface area contributed by atoms with Crippen molar-refractivity contribution < 1.29 is 0 Å². The van der Waals surface area contributed by atoms with Crippen LogP contribution in [0.15, 0.2) is 0 Å². The van der Waals surface area contributed by atoms with Crippen LogP contribution >= 0.6 is 15.9 Å². The fourth-order valence-corrected chi connectivity index (χ4v) is 0.741. The predicted octanol–water partition coefficient (Wildman–Crippen LogP) is 1.21. The molecule has 2 heteroatoms. The molecule has 0 nitrogen and oxygen atoms in total. The second kappa shape index (κ2) is 5.54. The summed E-state index contributed by atoms with van der Waals surface area (Å²) < 4.78 is 0. The quantitative estimate of drug-likeness (QED) is 0.321. The average Bonchev–Trinajstić information content (AvgIpc) is 1.61. The molecule has 0 aliphatic carbocycles. The number of rotatable bonds is 3. The van der Waals surface area contributed by atoms with Crippen molar-refractivity contribution in [1.82, 2.24) is 0 Å². The first-order valence-electron chi connectivity index (χ1n) is 2.47. The first-order chi connectivity index (χ1) is 2.91. The van der Waals surface area contributed by atoms with Crippen LogP contribution < -0.4 is 0 Å². The zero-order chi connectivity index (χ0) is 4.83. The smallest absolute Gasteiger partial charge is 0.0928 e. The second-order valence-electron chi connectivity index (χ2n) is 1.40. The van der Waals surface area contributed by atoms with Crippen molar-refractivity contribution in [1.29, 1.82) is 0 Å². The van der Waals surface area contributed by atoms with Gasteiger partial charge in [-0.1, -0.05) is 28.7 Å². The Morgan fingerprint density at radius 2 is 2.00 bits per heavy atom. The Bertz CT molecular complexity index is 19.5. The van der Waals surface area contributed by atoms with Crippen molar-refractivity contribution in [3.8, 4) is 0 Å². The van der Waals surface area contributed by atoms with Crippen LogP contribution in [-0.2, 0) is 0 Å². The monoisotopic (exact) mass is 148 g/mol. The van der Waals surface area contributed by atoms with Gasteiger partial charge in [0.2, 0.25) is 0 Å². The van der Waals surface area contributed by atoms with Crippen molar-refractivity contribution in [2.24, 2.45) is 0 Å². The lowest BCUT2D eigenvalue weighted by molar-refractivity contribution is 0.899. The van der Waals surface area contributed by atoms with Crippen LogP contribution in [0, 0.1) is 0 Å². The zero-order valence-corrected chi connectivity index (χ0v) is 5.79. The standard InChI is InChI=1S/C4H10BBr/c5-3-1-2-4-6/h1-5H2. The maximum atomic E-state index is 3.35. The molecule has 0 aromatic carbocycles. The molecule has 0 aromatic heterocycles. The Balaban J connectivity index is 2.34. The summed E-state index contributed by atoms with van der Waals surface area (Å²) in [6, 6.07) is 0. The molecular weight excluding hydrogens is 139 g/mol. The molecule has 0 aliphatic heterocycles. The minimum atomic E-state index is 1.17. The van der Waals surface area contributed by atoms with E-state index >= 15 is 0 Å². The predicted molar refractivity (Wildman–Crippen MR) is 36.4 cm³/mol. The van der Waals surface area contributed by atoms with E-state index in [0.29, 0.717) is 0 Å². The summed E-state index contributed by atoms with van der Waals surface area (Å²) in [6.07, 6.45) is 4.02. The normalized spacial score (nSPS) is 8.83. The van der Waals surface area contributed by atoms with Gasteiger partial charge in [-0.3, -0.25) is 0 Å². The molecule has 0 heterocycles. The number of halogens is 1. The van der Waals surface area contributed by atoms with Gasteiger partial charge in [-0.15, -0.1) is 0 Å². The average molecular weight is 149 g/mol. The van der Waals surface area contributed by atoms with E-state index in [4.69, 9.17) is 0 Å². The third-order valence-corrected chi connectivity index (χ3v) is 1.30. The van der Waals surface area contributed by atoms with Gasteiger partial charge < -0.3 is 0 Å². The van der Waals surface area contributed by atoms with Crippen LogP contribution in [0.1, 0.15) is 12.8 Å². The van der Waals surface area contributed by atoms with Gasteiger partial charge in [0.15, 0.2) is 0 Å². The van der Waals surface area contributed by atoms with Crippen molar-refractivity contribution in [2.75, 3.05) is 5.33 Å². The van der Waals surface area contributed by atoms with Gasteiger partial charge in [0.05, 0.1) is 0 Å². The summed E-state index contributed by atoms with van der Waals surface area (Å²) in [6.45, 7) is 0. The summed E-state index contributed by atoms with van der Waals surface area (Å²) in [7, 11) is 2.21. The molecule has 0 radical (unpaired) electrons. The van der Waals surface area contributed by atoms with Gasteiger partial charge in [0, 0.05) is 5.33 Å². The highest BCUT2D eigenvalue weighted by atomic mass is 79.9. The Labute approximate surface area is 48.9 Å². The minimum Gasteiger partial charge on any atom is -0.0928 e. The topological polar surface area (TPSA) is 0 Å². The molecule has 0 fully saturated rings. The first kappa shape index (κ1) is 6.54. The van der Waals surface area contributed by atoms with E-state index in [1.54, 1.807) is 0 Å². The fourth-order valence-electron chi connectivity index (χ4n) is 0.344. The van der Waals surface area contributed by atoms with Crippen LogP contribution in [0.3, 0.4) is 0 Å². The lowest BCUT2D eigenvalue weighted by Crippen LogP contribution is -1.72. The van der Waals surface area contributed by atoms with E-state index in [0.717, 1.165) is 0 Å². The number of unbranched alkanes of at least 4 members (excludes halogenated alkanes) is 1. The largest absolute Gasteiger partial charge is 0.101 e. The molecule has 6 heavy (non-hydrogen) atoms. The molecule has 0 amide bonds. The maximum Gasteiger partial charge on any atom is 0.101 e. The van der Waals surface area contributed by atoms with Crippen LogP contribution in [0.25, 0.3) is 0 Å². The van der Waals surface area contributed by atoms with E-state index < -0.39 is 0 Å². The molecule has 0 aromatic rings. The van der Waals surface area contributed by atoms with Crippen LogP contribution in [0.4, 0.5) is 0 Å². The van der Waals surface area contributed by atoms with Gasteiger partial charge in [-0.05, 0) is 6.42 Å². The molecule has 36 valence electrons. The Kier molecular flexibility index (Phi) is 6.05. The Morgan fingerprint density at radius 1 is 1.33 bits per heavy atom. The van der Waals surface area contributed by atoms with Gasteiger partial charge in [-0.25, -0.2) is 0 Å². The fraction of sp³-hybridized carbons (Fsp3) is 1.00. The third kappa shape index (κ3) is 4.54. The second-order valence-corrected chi connectivity index (χ2v) is 2.19. The van der Waals surface area contributed by atoms with Crippen molar-refractivity contribution >= 4 is 23.8 Å².